The van der Waals surface area contributed by atoms with Gasteiger partial charge in [0.05, 0.1) is 0 Å². The summed E-state index contributed by atoms with van der Waals surface area (Å²) in [6.45, 7) is 4.52. The monoisotopic (exact) mass is 397 g/mol. The van der Waals surface area contributed by atoms with Gasteiger partial charge in [0.1, 0.15) is 5.54 Å². The summed E-state index contributed by atoms with van der Waals surface area (Å²) < 4.78 is 31.0. The van der Waals surface area contributed by atoms with Crippen LogP contribution < -0.4 is 10.6 Å². The van der Waals surface area contributed by atoms with Crippen LogP contribution >= 0.6 is 0 Å². The quantitative estimate of drug-likeness (QED) is 0.541. The number of esters is 1. The second-order valence-electron chi connectivity index (χ2n) is 6.87. The summed E-state index contributed by atoms with van der Waals surface area (Å²) in [5, 5.41) is 4.83. The first-order chi connectivity index (χ1) is 13.0. The van der Waals surface area contributed by atoms with E-state index < -0.39 is 41.2 Å². The molecule has 2 rings (SSSR count). The Kier molecular flexibility index (Phi) is 6.32. The summed E-state index contributed by atoms with van der Waals surface area (Å²) in [4.78, 5) is 48.6. The molecule has 0 unspecified atom stereocenters. The Morgan fingerprint density at radius 3 is 2.50 bits per heavy atom. The van der Waals surface area contributed by atoms with E-state index in [0.717, 1.165) is 17.0 Å². The van der Waals surface area contributed by atoms with Gasteiger partial charge in [-0.05, 0) is 39.3 Å². The highest BCUT2D eigenvalue weighted by Gasteiger charge is 2.43. The normalized spacial score (nSPS) is 16.5. The van der Waals surface area contributed by atoms with Gasteiger partial charge in [0, 0.05) is 24.7 Å². The highest BCUT2D eigenvalue weighted by atomic mass is 19.2. The number of ether oxygens (including phenoxy) is 1. The minimum Gasteiger partial charge on any atom is -0.453 e. The number of amides is 4. The topological polar surface area (TPSA) is 105 Å². The molecule has 152 valence electrons. The molecule has 0 spiro atoms. The van der Waals surface area contributed by atoms with E-state index in [9.17, 15) is 28.0 Å². The molecule has 10 heteroatoms. The van der Waals surface area contributed by atoms with E-state index in [1.165, 1.54) is 13.0 Å². The summed E-state index contributed by atoms with van der Waals surface area (Å²) in [6.07, 6.45) is -1.11. The maximum Gasteiger partial charge on any atom is 0.325 e. The zero-order chi connectivity index (χ0) is 21.1. The van der Waals surface area contributed by atoms with Crippen LogP contribution in [0, 0.1) is 11.6 Å². The lowest BCUT2D eigenvalue weighted by molar-refractivity contribution is -0.153. The number of anilines is 1. The molecule has 1 saturated heterocycles. The molecule has 1 aliphatic heterocycles. The molecule has 0 aliphatic carbocycles. The molecule has 1 aromatic carbocycles. The summed E-state index contributed by atoms with van der Waals surface area (Å²) >= 11 is 0. The van der Waals surface area contributed by atoms with Gasteiger partial charge in [0.25, 0.3) is 11.8 Å². The Hall–Kier alpha value is -3.04. The zero-order valence-corrected chi connectivity index (χ0v) is 15.7. The number of nitrogens with zero attached hydrogens (tertiary/aromatic N) is 1. The maximum atomic E-state index is 13.1. The average molecular weight is 397 g/mol. The van der Waals surface area contributed by atoms with Crippen molar-refractivity contribution < 1.29 is 32.7 Å². The van der Waals surface area contributed by atoms with Crippen molar-refractivity contribution in [3.05, 3.63) is 29.8 Å². The van der Waals surface area contributed by atoms with Crippen LogP contribution in [0.15, 0.2) is 18.2 Å². The Morgan fingerprint density at radius 1 is 1.25 bits per heavy atom. The first-order valence-corrected chi connectivity index (χ1v) is 8.61. The fourth-order valence-corrected chi connectivity index (χ4v) is 2.53. The molecule has 8 nitrogen and oxygen atoms in total. The molecule has 1 atom stereocenters. The lowest BCUT2D eigenvalue weighted by Gasteiger charge is -2.16. The SMILES string of the molecule is C[C@H](OC(=O)CCCN1C(=O)NC(C)(C)C1=O)C(=O)Nc1ccc(F)c(F)c1. The Labute approximate surface area is 160 Å². The van der Waals surface area contributed by atoms with Gasteiger partial charge in [-0.2, -0.15) is 0 Å². The van der Waals surface area contributed by atoms with Crippen molar-refractivity contribution in [3.63, 3.8) is 0 Å². The standard InChI is InChI=1S/C18H21F2N3O5/c1-10(15(25)21-11-6-7-12(19)13(20)9-11)28-14(24)5-4-8-23-16(26)18(2,3)22-17(23)27/h6-7,9-10H,4-5,8H2,1-3H3,(H,21,25)(H,22,27)/t10-/m0/s1. The molecule has 1 fully saturated rings. The second kappa shape index (κ2) is 8.32. The number of imide groups is 1. The summed E-state index contributed by atoms with van der Waals surface area (Å²) in [7, 11) is 0. The molecule has 0 radical (unpaired) electrons. The van der Waals surface area contributed by atoms with E-state index in [1.54, 1.807) is 13.8 Å². The molecule has 1 aromatic rings. The summed E-state index contributed by atoms with van der Waals surface area (Å²) in [5.74, 6) is -3.96. The van der Waals surface area contributed by atoms with E-state index in [1.807, 2.05) is 0 Å². The van der Waals surface area contributed by atoms with Crippen molar-refractivity contribution in [2.45, 2.75) is 45.3 Å². The van der Waals surface area contributed by atoms with E-state index >= 15 is 0 Å². The lowest BCUT2D eigenvalue weighted by Crippen LogP contribution is -2.40. The molecule has 0 bridgehead atoms. The van der Waals surface area contributed by atoms with Gasteiger partial charge >= 0.3 is 12.0 Å². The van der Waals surface area contributed by atoms with Crippen LogP contribution in [0.3, 0.4) is 0 Å². The van der Waals surface area contributed by atoms with Gasteiger partial charge < -0.3 is 15.4 Å². The Morgan fingerprint density at radius 2 is 1.93 bits per heavy atom. The van der Waals surface area contributed by atoms with Crippen molar-refractivity contribution in [2.24, 2.45) is 0 Å². The van der Waals surface area contributed by atoms with Crippen LogP contribution in [-0.4, -0.2) is 46.9 Å². The van der Waals surface area contributed by atoms with E-state index in [2.05, 4.69) is 10.6 Å². The number of rotatable bonds is 7. The predicted molar refractivity (Wildman–Crippen MR) is 94.1 cm³/mol. The van der Waals surface area contributed by atoms with Crippen LogP contribution in [0.1, 0.15) is 33.6 Å². The molecule has 1 heterocycles. The number of nitrogens with one attached hydrogen (secondary N) is 2. The summed E-state index contributed by atoms with van der Waals surface area (Å²) in [5.41, 5.74) is -0.961. The van der Waals surface area contributed by atoms with Crippen molar-refractivity contribution in [3.8, 4) is 0 Å². The fourth-order valence-electron chi connectivity index (χ4n) is 2.53. The number of carbonyl (C=O) groups is 4. The highest BCUT2D eigenvalue weighted by Crippen LogP contribution is 2.17. The van der Waals surface area contributed by atoms with Crippen molar-refractivity contribution >= 4 is 29.5 Å². The number of hydrogen-bond donors (Lipinski definition) is 2. The number of urea groups is 1. The molecular formula is C18H21F2N3O5. The van der Waals surface area contributed by atoms with Crippen molar-refractivity contribution in [1.29, 1.82) is 0 Å². The highest BCUT2D eigenvalue weighted by molar-refractivity contribution is 6.06. The van der Waals surface area contributed by atoms with Gasteiger partial charge in [-0.3, -0.25) is 19.3 Å². The van der Waals surface area contributed by atoms with Crippen molar-refractivity contribution in [1.82, 2.24) is 10.2 Å². The third-order valence-electron chi connectivity index (χ3n) is 4.07. The second-order valence-corrected chi connectivity index (χ2v) is 6.87. The molecule has 28 heavy (non-hydrogen) atoms. The lowest BCUT2D eigenvalue weighted by atomic mass is 10.1. The average Bonchev–Trinajstić information content (AvgIpc) is 2.79. The van der Waals surface area contributed by atoms with Crippen LogP contribution in [-0.2, 0) is 19.1 Å². The van der Waals surface area contributed by atoms with Gasteiger partial charge in [-0.25, -0.2) is 13.6 Å². The molecule has 4 amide bonds. The smallest absolute Gasteiger partial charge is 0.325 e. The number of carbonyl (C=O) groups excluding carboxylic acids is 4. The Balaban J connectivity index is 1.77. The molecule has 0 aromatic heterocycles. The molecule has 1 aliphatic rings. The number of hydrogen-bond acceptors (Lipinski definition) is 5. The number of halogens is 2. The molecule has 2 N–H and O–H groups in total. The van der Waals surface area contributed by atoms with E-state index in [4.69, 9.17) is 4.74 Å². The van der Waals surface area contributed by atoms with E-state index in [0.29, 0.717) is 0 Å². The minimum atomic E-state index is -1.17. The molecule has 0 saturated carbocycles. The predicted octanol–water partition coefficient (Wildman–Crippen LogP) is 1.95. The summed E-state index contributed by atoms with van der Waals surface area (Å²) in [6, 6.07) is 2.31. The van der Waals surface area contributed by atoms with Crippen LogP contribution in [0.5, 0.6) is 0 Å². The van der Waals surface area contributed by atoms with Crippen LogP contribution in [0.2, 0.25) is 0 Å². The van der Waals surface area contributed by atoms with Crippen LogP contribution in [0.25, 0.3) is 0 Å². The first kappa shape index (κ1) is 21.3. The number of benzene rings is 1. The van der Waals surface area contributed by atoms with Crippen molar-refractivity contribution in [2.75, 3.05) is 11.9 Å². The van der Waals surface area contributed by atoms with Gasteiger partial charge in [-0.15, -0.1) is 0 Å². The van der Waals surface area contributed by atoms with E-state index in [-0.39, 0.29) is 31.0 Å². The fraction of sp³-hybridized carbons (Fsp3) is 0.444. The van der Waals surface area contributed by atoms with Gasteiger partial charge in [0.15, 0.2) is 17.7 Å². The third-order valence-corrected chi connectivity index (χ3v) is 4.07. The first-order valence-electron chi connectivity index (χ1n) is 8.61. The van der Waals surface area contributed by atoms with Crippen LogP contribution in [0.4, 0.5) is 19.3 Å². The Bertz CT molecular complexity index is 812. The zero-order valence-electron chi connectivity index (χ0n) is 15.7. The maximum absolute atomic E-state index is 13.1. The van der Waals surface area contributed by atoms with Gasteiger partial charge in [-0.1, -0.05) is 0 Å². The largest absolute Gasteiger partial charge is 0.453 e. The molecular weight excluding hydrogens is 376 g/mol. The van der Waals surface area contributed by atoms with Gasteiger partial charge in [0.2, 0.25) is 0 Å². The third kappa shape index (κ3) is 5.02. The minimum absolute atomic E-state index is 0.0213.